The summed E-state index contributed by atoms with van der Waals surface area (Å²) in [7, 11) is 0. The zero-order valence-corrected chi connectivity index (χ0v) is 9.09. The van der Waals surface area contributed by atoms with Gasteiger partial charge in [-0.25, -0.2) is 0 Å². The number of aliphatic hydroxyl groups excluding tert-OH is 1. The fourth-order valence-corrected chi connectivity index (χ4v) is 1.39. The minimum absolute atomic E-state index is 0.225. The van der Waals surface area contributed by atoms with Crippen molar-refractivity contribution in [3.05, 3.63) is 12.7 Å². The lowest BCUT2D eigenvalue weighted by molar-refractivity contribution is 0.100. The van der Waals surface area contributed by atoms with Crippen molar-refractivity contribution in [2.45, 2.75) is 45.8 Å². The quantitative estimate of drug-likeness (QED) is 0.594. The van der Waals surface area contributed by atoms with E-state index < -0.39 is 0 Å². The highest BCUT2D eigenvalue weighted by Gasteiger charge is 2.14. The zero-order valence-electron chi connectivity index (χ0n) is 9.09. The molecule has 0 aliphatic heterocycles. The molecule has 2 heteroatoms. The van der Waals surface area contributed by atoms with Crippen molar-refractivity contribution in [3.63, 3.8) is 0 Å². The van der Waals surface area contributed by atoms with E-state index in [0.29, 0.717) is 12.5 Å². The predicted molar refractivity (Wildman–Crippen MR) is 57.7 cm³/mol. The third-order valence-corrected chi connectivity index (χ3v) is 2.60. The highest BCUT2D eigenvalue weighted by atomic mass is 16.3. The molecule has 13 heavy (non-hydrogen) atoms. The smallest absolute Gasteiger partial charge is 0.0692 e. The zero-order chi connectivity index (χ0) is 10.3. The van der Waals surface area contributed by atoms with Gasteiger partial charge in [-0.2, -0.15) is 0 Å². The van der Waals surface area contributed by atoms with E-state index in [4.69, 9.17) is 0 Å². The third kappa shape index (κ3) is 5.06. The Bertz CT molecular complexity index is 132. The summed E-state index contributed by atoms with van der Waals surface area (Å²) in [6.07, 6.45) is 3.71. The Hall–Kier alpha value is -0.340. The minimum Gasteiger partial charge on any atom is -0.392 e. The summed E-state index contributed by atoms with van der Waals surface area (Å²) in [5, 5.41) is 13.0. The summed E-state index contributed by atoms with van der Waals surface area (Å²) in [5.74, 6) is 0.421. The Balaban J connectivity index is 3.71. The van der Waals surface area contributed by atoms with Gasteiger partial charge in [-0.05, 0) is 12.8 Å². The SMILES string of the molecule is C=CC(C)NCC(O)C(CC)CC. The lowest BCUT2D eigenvalue weighted by atomic mass is 9.96. The average Bonchev–Trinajstić information content (AvgIpc) is 2.16. The van der Waals surface area contributed by atoms with Crippen LogP contribution in [0.5, 0.6) is 0 Å². The van der Waals surface area contributed by atoms with Crippen molar-refractivity contribution in [1.29, 1.82) is 0 Å². The molecule has 0 aromatic carbocycles. The molecule has 0 aromatic heterocycles. The van der Waals surface area contributed by atoms with E-state index in [9.17, 15) is 5.11 Å². The molecule has 2 N–H and O–H groups in total. The molecular weight excluding hydrogens is 162 g/mol. The van der Waals surface area contributed by atoms with E-state index in [1.807, 2.05) is 13.0 Å². The molecule has 0 aromatic rings. The van der Waals surface area contributed by atoms with E-state index in [2.05, 4.69) is 25.7 Å². The van der Waals surface area contributed by atoms with E-state index in [1.165, 1.54) is 0 Å². The van der Waals surface area contributed by atoms with E-state index in [0.717, 1.165) is 12.8 Å². The Morgan fingerprint density at radius 2 is 1.92 bits per heavy atom. The topological polar surface area (TPSA) is 32.3 Å². The Morgan fingerprint density at radius 1 is 1.38 bits per heavy atom. The maximum Gasteiger partial charge on any atom is 0.0692 e. The highest BCUT2D eigenvalue weighted by molar-refractivity contribution is 4.82. The molecule has 78 valence electrons. The lowest BCUT2D eigenvalue weighted by Crippen LogP contribution is -2.36. The summed E-state index contributed by atoms with van der Waals surface area (Å²) in [4.78, 5) is 0. The number of rotatable bonds is 7. The molecule has 0 heterocycles. The van der Waals surface area contributed by atoms with Crippen LogP contribution in [0.4, 0.5) is 0 Å². The fourth-order valence-electron chi connectivity index (χ4n) is 1.39. The Morgan fingerprint density at radius 3 is 2.31 bits per heavy atom. The van der Waals surface area contributed by atoms with Gasteiger partial charge in [0.15, 0.2) is 0 Å². The number of hydrogen-bond donors (Lipinski definition) is 2. The van der Waals surface area contributed by atoms with Crippen molar-refractivity contribution in [1.82, 2.24) is 5.32 Å². The van der Waals surface area contributed by atoms with Crippen molar-refractivity contribution >= 4 is 0 Å². The van der Waals surface area contributed by atoms with Crippen LogP contribution in [0.15, 0.2) is 12.7 Å². The van der Waals surface area contributed by atoms with Gasteiger partial charge >= 0.3 is 0 Å². The normalized spacial score (nSPS) is 15.8. The summed E-state index contributed by atoms with van der Waals surface area (Å²) >= 11 is 0. The van der Waals surface area contributed by atoms with Crippen LogP contribution in [-0.2, 0) is 0 Å². The first kappa shape index (κ1) is 12.7. The molecule has 0 amide bonds. The number of nitrogens with one attached hydrogen (secondary N) is 1. The van der Waals surface area contributed by atoms with Crippen LogP contribution >= 0.6 is 0 Å². The van der Waals surface area contributed by atoms with Crippen LogP contribution < -0.4 is 5.32 Å². The first-order valence-corrected chi connectivity index (χ1v) is 5.19. The largest absolute Gasteiger partial charge is 0.392 e. The van der Waals surface area contributed by atoms with Gasteiger partial charge in [0.05, 0.1) is 6.10 Å². The van der Waals surface area contributed by atoms with Crippen molar-refractivity contribution in [2.75, 3.05) is 6.54 Å². The van der Waals surface area contributed by atoms with Gasteiger partial charge in [0.2, 0.25) is 0 Å². The summed E-state index contributed by atoms with van der Waals surface area (Å²) < 4.78 is 0. The molecule has 0 aliphatic rings. The van der Waals surface area contributed by atoms with Crippen LogP contribution in [0.3, 0.4) is 0 Å². The molecule has 0 rings (SSSR count). The standard InChI is InChI=1S/C11H23NO/c1-5-9(4)12-8-11(13)10(6-2)7-3/h5,9-13H,1,6-8H2,2-4H3. The van der Waals surface area contributed by atoms with Crippen LogP contribution in [0.1, 0.15) is 33.6 Å². The van der Waals surface area contributed by atoms with Gasteiger partial charge in [-0.3, -0.25) is 0 Å². The van der Waals surface area contributed by atoms with E-state index in [-0.39, 0.29) is 12.1 Å². The third-order valence-electron chi connectivity index (χ3n) is 2.60. The molecule has 0 bridgehead atoms. The molecule has 2 unspecified atom stereocenters. The average molecular weight is 185 g/mol. The minimum atomic E-state index is -0.225. The van der Waals surface area contributed by atoms with Gasteiger partial charge in [-0.15, -0.1) is 6.58 Å². The molecule has 0 spiro atoms. The Labute approximate surface area is 82.0 Å². The maximum atomic E-state index is 9.76. The predicted octanol–water partition coefficient (Wildman–Crippen LogP) is 1.95. The van der Waals surface area contributed by atoms with Crippen LogP contribution in [0.2, 0.25) is 0 Å². The Kier molecular flexibility index (Phi) is 6.92. The van der Waals surface area contributed by atoms with Crippen LogP contribution in [0, 0.1) is 5.92 Å². The van der Waals surface area contributed by atoms with E-state index in [1.54, 1.807) is 0 Å². The maximum absolute atomic E-state index is 9.76. The van der Waals surface area contributed by atoms with Gasteiger partial charge < -0.3 is 10.4 Å². The summed E-state index contributed by atoms with van der Waals surface area (Å²) in [6.45, 7) is 10.6. The summed E-state index contributed by atoms with van der Waals surface area (Å²) in [6, 6.07) is 0.281. The second kappa shape index (κ2) is 7.10. The first-order chi connectivity index (χ1) is 6.15. The second-order valence-corrected chi connectivity index (χ2v) is 3.58. The molecule has 0 fully saturated rings. The van der Waals surface area contributed by atoms with Gasteiger partial charge in [-0.1, -0.05) is 32.8 Å². The van der Waals surface area contributed by atoms with Crippen molar-refractivity contribution in [3.8, 4) is 0 Å². The molecule has 2 atom stereocenters. The number of aliphatic hydroxyl groups is 1. The molecule has 0 saturated heterocycles. The lowest BCUT2D eigenvalue weighted by Gasteiger charge is -2.21. The van der Waals surface area contributed by atoms with Gasteiger partial charge in [0, 0.05) is 12.6 Å². The molecule has 0 saturated carbocycles. The fraction of sp³-hybridized carbons (Fsp3) is 0.818. The van der Waals surface area contributed by atoms with E-state index >= 15 is 0 Å². The summed E-state index contributed by atoms with van der Waals surface area (Å²) in [5.41, 5.74) is 0. The van der Waals surface area contributed by atoms with Gasteiger partial charge in [0.1, 0.15) is 0 Å². The highest BCUT2D eigenvalue weighted by Crippen LogP contribution is 2.12. The van der Waals surface area contributed by atoms with Crippen molar-refractivity contribution in [2.24, 2.45) is 5.92 Å². The second-order valence-electron chi connectivity index (χ2n) is 3.58. The van der Waals surface area contributed by atoms with Crippen LogP contribution in [-0.4, -0.2) is 23.8 Å². The first-order valence-electron chi connectivity index (χ1n) is 5.19. The molecule has 2 nitrogen and oxygen atoms in total. The molecular formula is C11H23NO. The van der Waals surface area contributed by atoms with Gasteiger partial charge in [0.25, 0.3) is 0 Å². The van der Waals surface area contributed by atoms with Crippen LogP contribution in [0.25, 0.3) is 0 Å². The number of hydrogen-bond acceptors (Lipinski definition) is 2. The van der Waals surface area contributed by atoms with Crippen molar-refractivity contribution < 1.29 is 5.11 Å². The monoisotopic (exact) mass is 185 g/mol. The molecule has 0 radical (unpaired) electrons. The molecule has 0 aliphatic carbocycles.